The number of nitrogens with one attached hydrogen (secondary N) is 3. The Morgan fingerprint density at radius 2 is 1.88 bits per heavy atom. The zero-order valence-electron chi connectivity index (χ0n) is 26.0. The molecular weight excluding hydrogens is 436 g/mol. The molecule has 0 bridgehead atoms. The van der Waals surface area contributed by atoms with Crippen molar-refractivity contribution in [2.45, 2.75) is 29.8 Å². The van der Waals surface area contributed by atoms with Gasteiger partial charge in [-0.3, -0.25) is 9.89 Å². The molecular formula is C23H28N8OS. The summed E-state index contributed by atoms with van der Waals surface area (Å²) in [6, 6.07) is 9.82. The number of likely N-dealkylation sites (N-methyl/N-ethyl adjacent to an activating group) is 1. The number of hydrogen-bond acceptors (Lipinski definition) is 8. The topological polar surface area (TPSA) is 102 Å². The second-order valence-corrected chi connectivity index (χ2v) is 8.73. The highest BCUT2D eigenvalue weighted by molar-refractivity contribution is 7.99. The number of aromatic amines is 1. The molecule has 1 saturated carbocycles. The van der Waals surface area contributed by atoms with Gasteiger partial charge in [-0.2, -0.15) is 5.10 Å². The van der Waals surface area contributed by atoms with Crippen LogP contribution in [-0.2, 0) is 4.79 Å². The second kappa shape index (κ2) is 9.40. The van der Waals surface area contributed by atoms with Gasteiger partial charge in [-0.15, -0.1) is 0 Å². The van der Waals surface area contributed by atoms with Crippen LogP contribution in [0.3, 0.4) is 0 Å². The minimum atomic E-state index is -3.06. The first-order valence-corrected chi connectivity index (χ1v) is 11.2. The van der Waals surface area contributed by atoms with Gasteiger partial charge in [0.2, 0.25) is 5.91 Å². The summed E-state index contributed by atoms with van der Waals surface area (Å²) in [6.45, 7) is -10.2. The first-order chi connectivity index (χ1) is 19.0. The summed E-state index contributed by atoms with van der Waals surface area (Å²) in [7, 11) is 0.998. The Morgan fingerprint density at radius 1 is 1.12 bits per heavy atom. The third-order valence-corrected chi connectivity index (χ3v) is 5.69. The highest BCUT2D eigenvalue weighted by Crippen LogP contribution is 2.32. The summed E-state index contributed by atoms with van der Waals surface area (Å²) in [5.74, 6) is 0.124. The van der Waals surface area contributed by atoms with Crippen molar-refractivity contribution < 1.29 is 15.8 Å². The van der Waals surface area contributed by atoms with Gasteiger partial charge in [0.15, 0.2) is 11.0 Å². The van der Waals surface area contributed by atoms with E-state index in [0.29, 0.717) is 26.2 Å². The fourth-order valence-electron chi connectivity index (χ4n) is 2.97. The summed E-state index contributed by atoms with van der Waals surface area (Å²) >= 11 is 1.07. The van der Waals surface area contributed by atoms with Crippen LogP contribution < -0.4 is 15.5 Å². The van der Waals surface area contributed by atoms with Crippen LogP contribution in [0.4, 0.5) is 23.1 Å². The van der Waals surface area contributed by atoms with Crippen LogP contribution in [0.5, 0.6) is 0 Å². The lowest BCUT2D eigenvalue weighted by Gasteiger charge is -2.33. The van der Waals surface area contributed by atoms with E-state index in [1.165, 1.54) is 6.07 Å². The molecule has 1 aromatic carbocycles. The summed E-state index contributed by atoms with van der Waals surface area (Å²) < 4.78 is 68.0. The molecule has 0 spiro atoms. The molecule has 0 radical (unpaired) electrons. The smallest absolute Gasteiger partial charge is 0.227 e. The van der Waals surface area contributed by atoms with Gasteiger partial charge in [0.25, 0.3) is 0 Å². The molecule has 1 aliphatic carbocycles. The monoisotopic (exact) mass is 472 g/mol. The van der Waals surface area contributed by atoms with Crippen LogP contribution in [0.25, 0.3) is 0 Å². The molecule has 2 fully saturated rings. The fraction of sp³-hybridized carbons (Fsp3) is 0.391. The number of aryl methyl sites for hydroxylation is 1. The number of H-pyrrole nitrogens is 1. The predicted molar refractivity (Wildman–Crippen MR) is 130 cm³/mol. The number of rotatable bonds is 7. The maximum absolute atomic E-state index is 12.1. The van der Waals surface area contributed by atoms with E-state index in [1.54, 1.807) is 37.3 Å². The zero-order chi connectivity index (χ0) is 30.0. The minimum absolute atomic E-state index is 0.0267. The molecule has 3 heterocycles. The molecule has 9 nitrogen and oxygen atoms in total. The SMILES string of the molecule is [2H]C1([2H])N(C)C([2H])([2H])C([2H])([2H])N(c2cc(Nc3cc(C)[nH]n3)nc(Sc3ccc(NC(=O)C4CC4)cc3)n2)C1([2H])[2H]. The third-order valence-electron chi connectivity index (χ3n) is 4.82. The normalized spacial score (nSPS) is 26.3. The molecule has 33 heavy (non-hydrogen) atoms. The average molecular weight is 473 g/mol. The Labute approximate surface area is 208 Å². The van der Waals surface area contributed by atoms with Crippen molar-refractivity contribution in [3.05, 3.63) is 42.1 Å². The molecule has 172 valence electrons. The molecule has 2 aromatic heterocycles. The van der Waals surface area contributed by atoms with E-state index in [4.69, 9.17) is 11.0 Å². The van der Waals surface area contributed by atoms with Crippen LogP contribution >= 0.6 is 11.8 Å². The van der Waals surface area contributed by atoms with Gasteiger partial charge in [-0.25, -0.2) is 9.97 Å². The van der Waals surface area contributed by atoms with Crippen molar-refractivity contribution in [1.29, 1.82) is 0 Å². The third kappa shape index (κ3) is 5.63. The van der Waals surface area contributed by atoms with Crippen LogP contribution in [0.2, 0.25) is 0 Å². The maximum atomic E-state index is 12.1. The van der Waals surface area contributed by atoms with Crippen molar-refractivity contribution in [2.24, 2.45) is 5.92 Å². The van der Waals surface area contributed by atoms with Crippen molar-refractivity contribution in [3.63, 3.8) is 0 Å². The molecule has 1 amide bonds. The number of nitrogens with zero attached hydrogens (tertiary/aromatic N) is 5. The highest BCUT2D eigenvalue weighted by atomic mass is 32.2. The van der Waals surface area contributed by atoms with E-state index in [0.717, 1.165) is 37.3 Å². The molecule has 3 aromatic rings. The number of aromatic nitrogens is 4. The molecule has 1 saturated heterocycles. The Balaban J connectivity index is 1.54. The van der Waals surface area contributed by atoms with Gasteiger partial charge in [0.1, 0.15) is 11.6 Å². The van der Waals surface area contributed by atoms with Crippen molar-refractivity contribution in [1.82, 2.24) is 25.1 Å². The molecule has 2 aliphatic rings. The quantitative estimate of drug-likeness (QED) is 0.449. The summed E-state index contributed by atoms with van der Waals surface area (Å²) in [6.07, 6.45) is 1.77. The van der Waals surface area contributed by atoms with Crippen LogP contribution in [0, 0.1) is 12.8 Å². The van der Waals surface area contributed by atoms with Crippen LogP contribution in [0.15, 0.2) is 46.5 Å². The van der Waals surface area contributed by atoms with E-state index < -0.39 is 26.0 Å². The van der Waals surface area contributed by atoms with Gasteiger partial charge in [0.05, 0.1) is 5.48 Å². The number of anilines is 4. The number of benzene rings is 1. The van der Waals surface area contributed by atoms with Gasteiger partial charge in [0, 0.05) is 65.8 Å². The Morgan fingerprint density at radius 3 is 2.55 bits per heavy atom. The average Bonchev–Trinajstić information content (AvgIpc) is 3.65. The number of piperazine rings is 1. The van der Waals surface area contributed by atoms with Crippen LogP contribution in [0.1, 0.15) is 29.5 Å². The van der Waals surface area contributed by atoms with Gasteiger partial charge in [-0.05, 0) is 62.8 Å². The van der Waals surface area contributed by atoms with Crippen molar-refractivity contribution in [2.75, 3.05) is 48.6 Å². The number of carbonyl (C=O) groups is 1. The molecule has 0 atom stereocenters. The number of hydrogen-bond donors (Lipinski definition) is 3. The van der Waals surface area contributed by atoms with Crippen molar-refractivity contribution >= 4 is 40.8 Å². The van der Waals surface area contributed by atoms with Gasteiger partial charge >= 0.3 is 0 Å². The first kappa shape index (κ1) is 14.2. The number of amides is 1. The lowest BCUT2D eigenvalue weighted by molar-refractivity contribution is -0.117. The van der Waals surface area contributed by atoms with E-state index in [1.807, 2.05) is 0 Å². The summed E-state index contributed by atoms with van der Waals surface area (Å²) in [5.41, 5.74) is 1.37. The Bertz CT molecular complexity index is 1440. The minimum Gasteiger partial charge on any atom is -0.354 e. The number of carbonyl (C=O) groups excluding carboxylic acids is 1. The van der Waals surface area contributed by atoms with Crippen LogP contribution in [-0.4, -0.2) is 64.0 Å². The molecule has 10 heteroatoms. The van der Waals surface area contributed by atoms with Gasteiger partial charge in [-0.1, -0.05) is 0 Å². The lowest BCUT2D eigenvalue weighted by Crippen LogP contribution is -2.44. The lowest BCUT2D eigenvalue weighted by atomic mass is 10.3. The van der Waals surface area contributed by atoms with E-state index in [2.05, 4.69) is 30.8 Å². The van der Waals surface area contributed by atoms with Gasteiger partial charge < -0.3 is 20.4 Å². The van der Waals surface area contributed by atoms with E-state index in [-0.39, 0.29) is 28.6 Å². The largest absolute Gasteiger partial charge is 0.354 e. The first-order valence-electron chi connectivity index (χ1n) is 14.4. The molecule has 1 aliphatic heterocycles. The van der Waals surface area contributed by atoms with Crippen molar-refractivity contribution in [3.8, 4) is 0 Å². The molecule has 3 N–H and O–H groups in total. The summed E-state index contributed by atoms with van der Waals surface area (Å²) in [4.78, 5) is 22.4. The fourth-order valence-corrected chi connectivity index (χ4v) is 3.74. The Hall–Kier alpha value is -3.11. The standard InChI is InChI=1S/C23H28N8OS/c1-15-13-20(29-28-15)25-19-14-21(31-11-9-30(2)10-12-31)27-23(26-19)33-18-7-5-17(6-8-18)24-22(32)16-3-4-16/h5-8,13-14,16H,3-4,9-12H2,1-2H3,(H,24,32)(H2,25,26,27,28,29)/i9D2,10D2,11D2,12D2. The second-order valence-electron chi connectivity index (χ2n) is 7.69. The predicted octanol–water partition coefficient (Wildman–Crippen LogP) is 3.50. The summed E-state index contributed by atoms with van der Waals surface area (Å²) in [5, 5.41) is 12.8. The molecule has 0 unspecified atom stereocenters. The highest BCUT2D eigenvalue weighted by Gasteiger charge is 2.29. The van der Waals surface area contributed by atoms with E-state index >= 15 is 0 Å². The van der Waals surface area contributed by atoms with E-state index in [9.17, 15) is 4.79 Å². The Kier molecular flexibility index (Phi) is 4.05. The maximum Gasteiger partial charge on any atom is 0.227 e. The molecule has 5 rings (SSSR count). The zero-order valence-corrected chi connectivity index (χ0v) is 18.8.